The van der Waals surface area contributed by atoms with Crippen molar-refractivity contribution in [2.75, 3.05) is 0 Å². The highest BCUT2D eigenvalue weighted by atomic mass is 16.5. The van der Waals surface area contributed by atoms with Crippen molar-refractivity contribution in [3.63, 3.8) is 0 Å². The molecule has 0 aromatic rings. The van der Waals surface area contributed by atoms with Gasteiger partial charge in [0.1, 0.15) is 6.10 Å². The molecule has 0 radical (unpaired) electrons. The Balaban J connectivity index is 1.50. The minimum absolute atomic E-state index is 0.0582. The largest absolute Gasteiger partial charge is 0.462 e. The number of allylic oxidation sites excluding steroid dienone is 2. The fraction of sp³-hybridized carbons (Fsp3) is 0.906. The van der Waals surface area contributed by atoms with Crippen molar-refractivity contribution < 1.29 is 9.53 Å². The molecule has 0 spiro atoms. The van der Waals surface area contributed by atoms with E-state index in [9.17, 15) is 4.79 Å². The average molecular weight is 469 g/mol. The first kappa shape index (κ1) is 24.9. The highest BCUT2D eigenvalue weighted by molar-refractivity contribution is 5.66. The number of rotatable bonds is 1. The number of carbonyl (C=O) groups is 1. The van der Waals surface area contributed by atoms with E-state index in [1.165, 1.54) is 51.4 Å². The van der Waals surface area contributed by atoms with E-state index in [0.29, 0.717) is 27.6 Å². The third kappa shape index (κ3) is 3.08. The van der Waals surface area contributed by atoms with E-state index in [2.05, 4.69) is 61.5 Å². The average Bonchev–Trinajstić information content (AvgIpc) is 2.74. The fourth-order valence-electron chi connectivity index (χ4n) is 11.7. The Morgan fingerprint density at radius 2 is 1.59 bits per heavy atom. The molecule has 4 fully saturated rings. The van der Waals surface area contributed by atoms with Crippen LogP contribution in [0.1, 0.15) is 120 Å². The number of carbonyl (C=O) groups excluding carboxylic acids is 1. The van der Waals surface area contributed by atoms with Crippen LogP contribution in [0, 0.1) is 56.7 Å². The lowest BCUT2D eigenvalue weighted by Gasteiger charge is -2.73. The first-order valence-corrected chi connectivity index (χ1v) is 14.5. The van der Waals surface area contributed by atoms with E-state index < -0.39 is 0 Å². The summed E-state index contributed by atoms with van der Waals surface area (Å²) < 4.78 is 5.92. The van der Waals surface area contributed by atoms with Crippen molar-refractivity contribution in [2.24, 2.45) is 56.7 Å². The fourth-order valence-corrected chi connectivity index (χ4v) is 11.7. The number of esters is 1. The minimum atomic E-state index is -0.105. The lowest BCUT2D eigenvalue weighted by Crippen LogP contribution is -2.67. The lowest BCUT2D eigenvalue weighted by molar-refractivity contribution is -0.252. The summed E-state index contributed by atoms with van der Waals surface area (Å²) in [4.78, 5) is 11.9. The molecule has 0 saturated heterocycles. The van der Waals surface area contributed by atoms with Gasteiger partial charge in [-0.05, 0) is 116 Å². The highest BCUT2D eigenvalue weighted by Crippen LogP contribution is 2.76. The van der Waals surface area contributed by atoms with Gasteiger partial charge in [-0.15, -0.1) is 0 Å². The maximum absolute atomic E-state index is 11.9. The summed E-state index contributed by atoms with van der Waals surface area (Å²) in [6, 6.07) is 0. The normalized spacial score (nSPS) is 54.0. The predicted octanol–water partition coefficient (Wildman–Crippen LogP) is 8.60. The zero-order valence-corrected chi connectivity index (χ0v) is 23.7. The molecule has 192 valence electrons. The van der Waals surface area contributed by atoms with Crippen molar-refractivity contribution >= 4 is 5.97 Å². The minimum Gasteiger partial charge on any atom is -0.462 e. The summed E-state index contributed by atoms with van der Waals surface area (Å²) >= 11 is 0. The van der Waals surface area contributed by atoms with Crippen LogP contribution < -0.4 is 0 Å². The highest BCUT2D eigenvalue weighted by Gasteiger charge is 2.69. The molecule has 34 heavy (non-hydrogen) atoms. The van der Waals surface area contributed by atoms with Crippen molar-refractivity contribution in [3.05, 3.63) is 11.6 Å². The summed E-state index contributed by atoms with van der Waals surface area (Å²) in [6.45, 7) is 22.1. The smallest absolute Gasteiger partial charge is 0.302 e. The van der Waals surface area contributed by atoms with Gasteiger partial charge >= 0.3 is 5.97 Å². The SMILES string of the molecule is CC(=O)O[C@H]1CC[C@@]2(C)[C@H](CC[C@]3(C)[C@H]2CC[C@@H]2[C@H]4[C@H](C)C(C)=CC[C@]4(C)CC[C@]23C)C1(C)C. The van der Waals surface area contributed by atoms with Crippen molar-refractivity contribution in [1.29, 1.82) is 0 Å². The van der Waals surface area contributed by atoms with Crippen LogP contribution in [0.25, 0.3) is 0 Å². The Bertz CT molecular complexity index is 885. The van der Waals surface area contributed by atoms with Crippen LogP contribution in [0.3, 0.4) is 0 Å². The number of hydrogen-bond acceptors (Lipinski definition) is 2. The van der Waals surface area contributed by atoms with Crippen molar-refractivity contribution in [3.8, 4) is 0 Å². The first-order chi connectivity index (χ1) is 15.7. The van der Waals surface area contributed by atoms with Crippen molar-refractivity contribution in [2.45, 2.75) is 126 Å². The number of fused-ring (bicyclic) bond motifs is 7. The van der Waals surface area contributed by atoms with Gasteiger partial charge in [-0.3, -0.25) is 4.79 Å². The number of hydrogen-bond donors (Lipinski definition) is 0. The topological polar surface area (TPSA) is 26.3 Å². The first-order valence-electron chi connectivity index (χ1n) is 14.5. The molecule has 0 bridgehead atoms. The zero-order valence-electron chi connectivity index (χ0n) is 23.7. The monoisotopic (exact) mass is 468 g/mol. The van der Waals surface area contributed by atoms with Gasteiger partial charge in [0.2, 0.25) is 0 Å². The molecule has 4 saturated carbocycles. The van der Waals surface area contributed by atoms with Crippen LogP contribution in [-0.4, -0.2) is 12.1 Å². The Kier molecular flexibility index (Phi) is 5.57. The lowest BCUT2D eigenvalue weighted by atomic mass is 9.31. The quantitative estimate of drug-likeness (QED) is 0.284. The number of ether oxygens (including phenoxy) is 1. The summed E-state index contributed by atoms with van der Waals surface area (Å²) in [5.41, 5.74) is 3.43. The van der Waals surface area contributed by atoms with Crippen LogP contribution in [-0.2, 0) is 9.53 Å². The van der Waals surface area contributed by atoms with Crippen LogP contribution in [0.4, 0.5) is 0 Å². The van der Waals surface area contributed by atoms with Gasteiger partial charge in [-0.2, -0.15) is 0 Å². The van der Waals surface area contributed by atoms with E-state index in [-0.39, 0.29) is 17.5 Å². The van der Waals surface area contributed by atoms with Crippen LogP contribution >= 0.6 is 0 Å². The van der Waals surface area contributed by atoms with Crippen LogP contribution in [0.15, 0.2) is 11.6 Å². The van der Waals surface area contributed by atoms with E-state index in [1.54, 1.807) is 12.5 Å². The van der Waals surface area contributed by atoms with E-state index in [1.807, 2.05) is 0 Å². The molecule has 0 amide bonds. The Labute approximate surface area is 210 Å². The van der Waals surface area contributed by atoms with Gasteiger partial charge in [-0.1, -0.05) is 60.1 Å². The maximum Gasteiger partial charge on any atom is 0.302 e. The van der Waals surface area contributed by atoms with Gasteiger partial charge in [0.15, 0.2) is 0 Å². The molecule has 0 N–H and O–H groups in total. The van der Waals surface area contributed by atoms with E-state index in [4.69, 9.17) is 4.74 Å². The van der Waals surface area contributed by atoms with Gasteiger partial charge in [0.05, 0.1) is 0 Å². The second-order valence-corrected chi connectivity index (χ2v) is 15.2. The third-order valence-corrected chi connectivity index (χ3v) is 13.8. The second-order valence-electron chi connectivity index (χ2n) is 15.2. The molecule has 5 rings (SSSR count). The van der Waals surface area contributed by atoms with Crippen molar-refractivity contribution in [1.82, 2.24) is 0 Å². The standard InChI is InChI=1S/C32H52O2/c1-20-12-15-29(6)18-19-31(8)23(27(29)21(20)2)10-11-25-30(7)16-14-26(34-22(3)33)28(4,5)24(30)13-17-32(25,31)9/h12,21,23-27H,10-11,13-19H2,1-9H3/t21-,23-,24-,25+,26+,27-,29-,30+,31-,32-/m1/s1. The maximum atomic E-state index is 11.9. The third-order valence-electron chi connectivity index (χ3n) is 13.8. The zero-order chi connectivity index (χ0) is 24.9. The van der Waals surface area contributed by atoms with Gasteiger partial charge in [0, 0.05) is 12.3 Å². The van der Waals surface area contributed by atoms with Gasteiger partial charge in [-0.25, -0.2) is 0 Å². The molecule has 10 atom stereocenters. The Hall–Kier alpha value is -0.790. The van der Waals surface area contributed by atoms with Crippen LogP contribution in [0.5, 0.6) is 0 Å². The molecule has 0 heterocycles. The Morgan fingerprint density at radius 3 is 2.26 bits per heavy atom. The van der Waals surface area contributed by atoms with E-state index in [0.717, 1.165) is 30.1 Å². The predicted molar refractivity (Wildman–Crippen MR) is 140 cm³/mol. The summed E-state index contributed by atoms with van der Waals surface area (Å²) in [5.74, 6) is 3.76. The van der Waals surface area contributed by atoms with Gasteiger partial charge in [0.25, 0.3) is 0 Å². The summed E-state index contributed by atoms with van der Waals surface area (Å²) in [5, 5.41) is 0. The molecule has 5 aliphatic rings. The Morgan fingerprint density at radius 1 is 0.882 bits per heavy atom. The molecule has 0 aromatic carbocycles. The molecule has 0 aromatic heterocycles. The molecule has 0 aliphatic heterocycles. The van der Waals surface area contributed by atoms with Crippen LogP contribution in [0.2, 0.25) is 0 Å². The summed E-state index contributed by atoms with van der Waals surface area (Å²) in [6.07, 6.45) is 14.5. The summed E-state index contributed by atoms with van der Waals surface area (Å²) in [7, 11) is 0. The molecule has 2 nitrogen and oxygen atoms in total. The molecular formula is C32H52O2. The van der Waals surface area contributed by atoms with Gasteiger partial charge < -0.3 is 4.74 Å². The van der Waals surface area contributed by atoms with E-state index >= 15 is 0 Å². The molecule has 2 heteroatoms. The molecule has 5 aliphatic carbocycles. The molecular weight excluding hydrogens is 416 g/mol. The molecule has 0 unspecified atom stereocenters. The second kappa shape index (κ2) is 7.61.